The van der Waals surface area contributed by atoms with E-state index in [0.717, 1.165) is 54.9 Å². The molecule has 0 spiro atoms. The molecule has 670 valence electrons. The van der Waals surface area contributed by atoms with Crippen molar-refractivity contribution in [1.29, 1.82) is 0 Å². The first-order valence-electron chi connectivity index (χ1n) is 39.7. The SMILES string of the molecule is C=B[C@H](CC(C)C)NC(=O)[C@H](Cc1ccccc1)NC(=O)c1cnc(CSSC[C@H](CC(=O)CC[C@H](NC(=O)c2ccc(NCc3cnc4nc(N)[nH]c(=O)c4n3)cc2)C(=O)O)C(=O)N[C@@H](CC(=O)O)C(=O)C[C@@H](CC(=O)O)C(=O)N[C@@H](CC(=O)O)C(=O)C[C@@H](CSSCc2cnc(C(=O)N[C@@H](C/C=C/CCC=C)C(=O)N[C@H](B=O)CC(C)C)cn2)C(=O)O)cn1. The number of carboxylic acid groups (broad SMARTS) is 5. The number of H-pyrrole nitrogens is 1. The Morgan fingerprint density at radius 1 is 0.524 bits per heavy atom. The molecular formula is C81H99B2N17O22S4. The number of carboxylic acids is 5. The van der Waals surface area contributed by atoms with Crippen molar-refractivity contribution >= 4 is 175 Å². The summed E-state index contributed by atoms with van der Waals surface area (Å²) in [6, 6.07) is 6.74. The van der Waals surface area contributed by atoms with Gasteiger partial charge in [0.05, 0.1) is 67.5 Å². The molecule has 0 aliphatic heterocycles. The topological polar surface area (TPSA) is 620 Å². The molecule has 6 aromatic rings. The number of fused-ring (bicyclic) bond motifs is 1. The number of rotatable bonds is 59. The fourth-order valence-electron chi connectivity index (χ4n) is 12.1. The molecule has 4 aromatic heterocycles. The van der Waals surface area contributed by atoms with Crippen LogP contribution in [0.4, 0.5) is 11.6 Å². The van der Waals surface area contributed by atoms with Gasteiger partial charge in [0.25, 0.3) is 11.5 Å². The Morgan fingerprint density at radius 2 is 1.06 bits per heavy atom. The summed E-state index contributed by atoms with van der Waals surface area (Å²) in [4.78, 5) is 245. The monoisotopic (exact) mass is 1810 g/mol. The molecule has 10 atom stereocenters. The number of nitrogens with zero attached hydrogens (tertiary/aromatic N) is 7. The van der Waals surface area contributed by atoms with Gasteiger partial charge in [0.2, 0.25) is 17.8 Å². The van der Waals surface area contributed by atoms with Crippen LogP contribution in [0, 0.1) is 29.6 Å². The Balaban J connectivity index is 1.13. The Labute approximate surface area is 740 Å². The number of aliphatic carboxylic acids is 5. The molecule has 126 heavy (non-hydrogen) atoms. The number of ketones is 3. The minimum atomic E-state index is -2.08. The standard InChI is InChI=1S/C81H99B2N17O22S4/c1-7-8-9-10-14-17-55(74(113)98-65(83-122)25-44(4)5)92-76(115)60-37-86-53(35-88-60)42-126-124-40-49(79(118)119)29-63(103)58(32-68(108)109)94-72(111)47(30-66(104)105)28-62(102)57(31-67(106)107)95-73(112)48(39-123-125-41-52-36-89-61(38-87-52)77(116)96-59(26-45-15-12-11-13-16-45)75(114)97-64(82-6)24-43(2)3)27-54(101)22-23-56(80(120)121)93-71(110)46-18-20-50(21-19-46)85-33-51-34-90-70-69(91-51)78(117)100-81(84)99-70/h7,10-16,18-21,34-38,43-44,47-49,55-59,64-65,85H,1,6,8-9,17,22-33,39-42H2,2-5H3,(H,92,115)(H,93,110)(H,94,111)(H,95,112)(H,96,116)(H,97,114)(H,98,113)(H,104,105)(H,106,107)(H,108,109)(H,118,119)(H,120,121)(H3,84,90,99,100,117)/b14-10+/t47-,48-,49-,55-,56-,57-,58-,59-,64-,65-/m0/s1. The van der Waals surface area contributed by atoms with E-state index in [1.54, 1.807) is 49.4 Å². The quantitative estimate of drug-likeness (QED) is 0.0109. The first-order valence-corrected chi connectivity index (χ1v) is 44.6. The molecule has 0 radical (unpaired) electrons. The third-order valence-corrected chi connectivity index (χ3v) is 23.4. The molecule has 0 fully saturated rings. The van der Waals surface area contributed by atoms with Crippen molar-refractivity contribution in [1.82, 2.24) is 77.1 Å². The fourth-order valence-corrected chi connectivity index (χ4v) is 16.6. The number of nitrogens with two attached hydrogens (primary N) is 1. The van der Waals surface area contributed by atoms with E-state index in [4.69, 9.17) is 5.73 Å². The van der Waals surface area contributed by atoms with Gasteiger partial charge < -0.3 is 52.5 Å². The molecule has 0 saturated heterocycles. The predicted molar refractivity (Wildman–Crippen MR) is 471 cm³/mol. The molecule has 0 aliphatic carbocycles. The molecule has 16 N–H and O–H groups in total. The van der Waals surface area contributed by atoms with Gasteiger partial charge in [-0.2, -0.15) is 4.98 Å². The Kier molecular flexibility index (Phi) is 43.3. The van der Waals surface area contributed by atoms with Crippen molar-refractivity contribution < 1.29 is 102 Å². The normalized spacial score (nSPS) is 13.5. The summed E-state index contributed by atoms with van der Waals surface area (Å²) >= 11 is 0. The molecular weight excluding hydrogens is 1710 g/mol. The van der Waals surface area contributed by atoms with Crippen LogP contribution in [0.1, 0.15) is 165 Å². The van der Waals surface area contributed by atoms with E-state index in [1.807, 2.05) is 33.8 Å². The van der Waals surface area contributed by atoms with Crippen molar-refractivity contribution in [3.63, 3.8) is 0 Å². The van der Waals surface area contributed by atoms with E-state index in [1.165, 1.54) is 49.1 Å². The van der Waals surface area contributed by atoms with Crippen LogP contribution in [0.5, 0.6) is 0 Å². The van der Waals surface area contributed by atoms with Crippen LogP contribution in [0.2, 0.25) is 0 Å². The van der Waals surface area contributed by atoms with Gasteiger partial charge in [0.15, 0.2) is 22.7 Å². The Morgan fingerprint density at radius 3 is 1.59 bits per heavy atom. The first kappa shape index (κ1) is 103. The second-order valence-corrected chi connectivity index (χ2v) is 34.8. The van der Waals surface area contributed by atoms with Gasteiger partial charge in [-0.25, -0.2) is 14.8 Å². The third-order valence-electron chi connectivity index (χ3n) is 18.6. The van der Waals surface area contributed by atoms with E-state index >= 15 is 0 Å². The number of nitrogen functional groups attached to an aromatic ring is 1. The zero-order chi connectivity index (χ0) is 92.5. The van der Waals surface area contributed by atoms with E-state index in [-0.39, 0.29) is 94.0 Å². The van der Waals surface area contributed by atoms with Crippen molar-refractivity contribution in [3.05, 3.63) is 160 Å². The van der Waals surface area contributed by atoms with Gasteiger partial charge in [-0.15, -0.1) is 0 Å². The third kappa shape index (κ3) is 36.5. The van der Waals surface area contributed by atoms with Crippen molar-refractivity contribution in [2.45, 2.75) is 178 Å². The Bertz CT molecular complexity index is 4950. The van der Waals surface area contributed by atoms with Gasteiger partial charge in [-0.05, 0) is 30.7 Å². The average Bonchev–Trinajstić information content (AvgIpc) is 0.808. The summed E-state index contributed by atoms with van der Waals surface area (Å²) in [5.74, 6) is -24.0. The number of allylic oxidation sites excluding steroid dienone is 2. The van der Waals surface area contributed by atoms with Crippen LogP contribution >= 0.6 is 43.2 Å². The molecule has 39 nitrogen and oxygen atoms in total. The molecule has 0 saturated carbocycles. The molecule has 4 heterocycles. The zero-order valence-corrected chi connectivity index (χ0v) is 72.5. The molecule has 0 bridgehead atoms. The van der Waals surface area contributed by atoms with Gasteiger partial charge in [0, 0.05) is 48.4 Å². The maximum atomic E-state index is 14.5. The molecule has 0 aliphatic rings. The molecule has 0 unspecified atom stereocenters. The second kappa shape index (κ2) is 53.2. The number of Topliss-reactive ketones (excluding diaryl/α,β-unsaturated/α-hetero) is 3. The van der Waals surface area contributed by atoms with Crippen molar-refractivity contribution in [2.75, 3.05) is 22.6 Å². The number of amides is 7. The van der Waals surface area contributed by atoms with E-state index < -0.39 is 205 Å². The number of carbonyl (C=O) groups excluding carboxylic acids is 10. The van der Waals surface area contributed by atoms with Gasteiger partial charge >= 0.3 is 382 Å². The van der Waals surface area contributed by atoms with Crippen LogP contribution in [-0.4, -0.2) is 228 Å². The summed E-state index contributed by atoms with van der Waals surface area (Å²) in [6.07, 6.45) is 6.46. The van der Waals surface area contributed by atoms with Crippen molar-refractivity contribution in [2.24, 2.45) is 29.6 Å². The van der Waals surface area contributed by atoms with Crippen LogP contribution in [-0.2, 0) is 86.7 Å². The summed E-state index contributed by atoms with van der Waals surface area (Å²) in [5, 5.41) is 71.3. The number of hydrogen-bond donors (Lipinski definition) is 15. The predicted octanol–water partition coefficient (Wildman–Crippen LogP) is 4.33. The van der Waals surface area contributed by atoms with Crippen LogP contribution in [0.15, 0.2) is 115 Å². The summed E-state index contributed by atoms with van der Waals surface area (Å²) in [7, 11) is 4.65. The molecule has 7 amide bonds. The number of aromatic amines is 1. The Hall–Kier alpha value is -12.3. The van der Waals surface area contributed by atoms with Crippen LogP contribution in [0.25, 0.3) is 11.2 Å². The van der Waals surface area contributed by atoms with Gasteiger partial charge in [-0.3, -0.25) is 57.7 Å². The summed E-state index contributed by atoms with van der Waals surface area (Å²) in [6.45, 7) is 16.9. The van der Waals surface area contributed by atoms with E-state index in [2.05, 4.69) is 95.5 Å². The summed E-state index contributed by atoms with van der Waals surface area (Å²) < 4.78 is 11.7. The fraction of sp³-hybridized carbons (Fsp3) is 0.432. The van der Waals surface area contributed by atoms with Gasteiger partial charge in [0.1, 0.15) is 11.8 Å². The van der Waals surface area contributed by atoms with Gasteiger partial charge in [-0.1, -0.05) is 21.6 Å². The number of hydrogen-bond acceptors (Lipinski definition) is 30. The second-order valence-electron chi connectivity index (χ2n) is 29.8. The van der Waals surface area contributed by atoms with Crippen LogP contribution in [0.3, 0.4) is 0 Å². The maximum absolute atomic E-state index is 14.5. The molecule has 2 aromatic carbocycles. The van der Waals surface area contributed by atoms with Crippen LogP contribution < -0.4 is 53.8 Å². The average molecular weight is 1810 g/mol. The molecule has 6 rings (SSSR count). The zero-order valence-electron chi connectivity index (χ0n) is 69.3. The van der Waals surface area contributed by atoms with Crippen molar-refractivity contribution in [3.8, 4) is 0 Å². The number of benzene rings is 2. The molecule has 45 heteroatoms. The first-order chi connectivity index (χ1) is 60.0. The number of unbranched alkanes of at least 4 members (excludes halogenated alkanes) is 1. The number of nitrogens with one attached hydrogen (secondary N) is 9. The van der Waals surface area contributed by atoms with E-state index in [0.29, 0.717) is 49.9 Å². The number of carbonyl (C=O) groups is 15. The minimum absolute atomic E-state index is 0.00482. The number of anilines is 2. The van der Waals surface area contributed by atoms with E-state index in [9.17, 15) is 107 Å². The number of aromatic nitrogens is 8. The summed E-state index contributed by atoms with van der Waals surface area (Å²) in [5.41, 5.74) is 6.79.